The third-order valence-corrected chi connectivity index (χ3v) is 7.15. The van der Waals surface area contributed by atoms with Gasteiger partial charge in [-0.1, -0.05) is 78.5 Å². The summed E-state index contributed by atoms with van der Waals surface area (Å²) >= 11 is 1.09. The van der Waals surface area contributed by atoms with E-state index in [0.717, 1.165) is 22.9 Å². The summed E-state index contributed by atoms with van der Waals surface area (Å²) in [7, 11) is 0. The predicted molar refractivity (Wildman–Crippen MR) is 142 cm³/mol. The zero-order valence-electron chi connectivity index (χ0n) is 20.5. The molecular weight excluding hydrogens is 490 g/mol. The van der Waals surface area contributed by atoms with E-state index in [9.17, 15) is 19.5 Å². The van der Waals surface area contributed by atoms with Crippen LogP contribution in [0.5, 0.6) is 11.5 Å². The molecule has 0 aliphatic carbocycles. The molecule has 0 aromatic heterocycles. The highest BCUT2D eigenvalue weighted by atomic mass is 32.2. The molecule has 7 nitrogen and oxygen atoms in total. The van der Waals surface area contributed by atoms with E-state index in [0.29, 0.717) is 23.5 Å². The van der Waals surface area contributed by atoms with E-state index in [1.54, 1.807) is 0 Å². The number of ether oxygens (including phenoxy) is 2. The van der Waals surface area contributed by atoms with E-state index < -0.39 is 24.0 Å². The fourth-order valence-electron chi connectivity index (χ4n) is 4.30. The van der Waals surface area contributed by atoms with Gasteiger partial charge in [0.1, 0.15) is 6.04 Å². The maximum Gasteiger partial charge on any atom is 0.321 e. The minimum absolute atomic E-state index is 0.0832. The summed E-state index contributed by atoms with van der Waals surface area (Å²) in [5.74, 6) is -0.198. The number of Topliss-reactive ketones (excluding diaryl/α,β-unsaturated/α-hetero) is 1. The summed E-state index contributed by atoms with van der Waals surface area (Å²) in [6.07, 6.45) is 0.596. The minimum Gasteiger partial charge on any atom is -0.480 e. The molecule has 3 atom stereocenters. The number of rotatable bonds is 12. The molecule has 2 N–H and O–H groups in total. The lowest BCUT2D eigenvalue weighted by atomic mass is 9.88. The van der Waals surface area contributed by atoms with Gasteiger partial charge in [0.05, 0.1) is 6.04 Å². The monoisotopic (exact) mass is 519 g/mol. The van der Waals surface area contributed by atoms with Crippen molar-refractivity contribution >= 4 is 28.6 Å². The number of carboxylic acid groups (broad SMARTS) is 1. The van der Waals surface area contributed by atoms with Crippen LogP contribution in [-0.2, 0) is 27.2 Å². The highest BCUT2D eigenvalue weighted by Gasteiger charge is 2.33. The Morgan fingerprint density at radius 1 is 0.892 bits per heavy atom. The number of ketones is 1. The molecule has 1 heterocycles. The number of nitrogens with one attached hydrogen (secondary N) is 1. The maximum absolute atomic E-state index is 14.1. The number of hydrogen-bond donors (Lipinski definition) is 2. The van der Waals surface area contributed by atoms with Crippen LogP contribution in [0.3, 0.4) is 0 Å². The van der Waals surface area contributed by atoms with Crippen LogP contribution < -0.4 is 14.8 Å². The van der Waals surface area contributed by atoms with Crippen molar-refractivity contribution in [1.29, 1.82) is 0 Å². The van der Waals surface area contributed by atoms with Crippen LogP contribution in [0.2, 0.25) is 0 Å². The summed E-state index contributed by atoms with van der Waals surface area (Å²) in [4.78, 5) is 38.1. The van der Waals surface area contributed by atoms with E-state index in [1.165, 1.54) is 6.92 Å². The van der Waals surface area contributed by atoms with Crippen LogP contribution in [0.25, 0.3) is 0 Å². The van der Waals surface area contributed by atoms with Gasteiger partial charge < -0.3 is 14.6 Å². The topological polar surface area (TPSA) is 102 Å². The van der Waals surface area contributed by atoms with E-state index in [1.807, 2.05) is 78.9 Å². The highest BCUT2D eigenvalue weighted by Crippen LogP contribution is 2.34. The molecule has 2 unspecified atom stereocenters. The minimum atomic E-state index is -1.04. The van der Waals surface area contributed by atoms with E-state index in [4.69, 9.17) is 9.47 Å². The fourth-order valence-corrected chi connectivity index (χ4v) is 5.02. The second-order valence-corrected chi connectivity index (χ2v) is 10.1. The first-order valence-electron chi connectivity index (χ1n) is 12.0. The van der Waals surface area contributed by atoms with Gasteiger partial charge in [-0.25, -0.2) is 0 Å². The second-order valence-electron chi connectivity index (χ2n) is 8.88. The van der Waals surface area contributed by atoms with Gasteiger partial charge in [0.25, 0.3) is 0 Å². The Labute approximate surface area is 220 Å². The van der Waals surface area contributed by atoms with Crippen molar-refractivity contribution in [1.82, 2.24) is 5.32 Å². The molecule has 0 bridgehead atoms. The molecule has 8 heteroatoms. The van der Waals surface area contributed by atoms with E-state index in [-0.39, 0.29) is 29.9 Å². The number of carbonyl (C=O) groups excluding carboxylic acids is 2. The molecule has 0 radical (unpaired) electrons. The molecular formula is C29H29NO6S. The van der Waals surface area contributed by atoms with Crippen LogP contribution in [-0.4, -0.2) is 40.6 Å². The lowest BCUT2D eigenvalue weighted by molar-refractivity contribution is -0.140. The summed E-state index contributed by atoms with van der Waals surface area (Å²) in [6, 6.07) is 22.1. The Kier molecular flexibility index (Phi) is 8.98. The molecule has 1 aliphatic heterocycles. The van der Waals surface area contributed by atoms with Crippen LogP contribution in [0.1, 0.15) is 29.7 Å². The highest BCUT2D eigenvalue weighted by molar-refractivity contribution is 8.13. The zero-order valence-corrected chi connectivity index (χ0v) is 21.3. The van der Waals surface area contributed by atoms with Crippen molar-refractivity contribution in [3.63, 3.8) is 0 Å². The molecule has 0 saturated heterocycles. The molecule has 3 aromatic carbocycles. The molecule has 37 heavy (non-hydrogen) atoms. The normalized spacial score (nSPS) is 14.5. The van der Waals surface area contributed by atoms with Crippen molar-refractivity contribution < 1.29 is 29.0 Å². The van der Waals surface area contributed by atoms with Gasteiger partial charge in [0, 0.05) is 18.6 Å². The molecule has 192 valence electrons. The van der Waals surface area contributed by atoms with Gasteiger partial charge in [0.15, 0.2) is 22.4 Å². The number of thioether (sulfide) groups is 1. The molecule has 1 aliphatic rings. The van der Waals surface area contributed by atoms with Gasteiger partial charge in [-0.3, -0.25) is 19.7 Å². The molecule has 3 aromatic rings. The van der Waals surface area contributed by atoms with Crippen molar-refractivity contribution in [2.24, 2.45) is 5.92 Å². The van der Waals surface area contributed by atoms with Crippen LogP contribution >= 0.6 is 11.8 Å². The fraction of sp³-hybridized carbons (Fsp3) is 0.276. The lowest BCUT2D eigenvalue weighted by Crippen LogP contribution is -2.45. The summed E-state index contributed by atoms with van der Waals surface area (Å²) in [5, 5.41) is 13.0. The number of carboxylic acids is 1. The van der Waals surface area contributed by atoms with Crippen molar-refractivity contribution in [2.75, 3.05) is 12.5 Å². The molecule has 0 saturated carbocycles. The van der Waals surface area contributed by atoms with Gasteiger partial charge in [-0.2, -0.15) is 0 Å². The Morgan fingerprint density at radius 3 is 2.24 bits per heavy atom. The van der Waals surface area contributed by atoms with Crippen LogP contribution in [0.4, 0.5) is 0 Å². The SMILES string of the molecule is CC(=O)SC[C@@H](Cc1ccc2c(c1)OCO2)C(=O)C(NC(Cc1ccccc1)C(=O)O)c1ccccc1. The number of aliphatic carboxylic acids is 1. The quantitative estimate of drug-likeness (QED) is 0.362. The number of hydrogen-bond acceptors (Lipinski definition) is 7. The van der Waals surface area contributed by atoms with Crippen molar-refractivity contribution in [3.05, 3.63) is 95.6 Å². The molecule has 4 rings (SSSR count). The van der Waals surface area contributed by atoms with Crippen LogP contribution in [0, 0.1) is 5.92 Å². The number of benzene rings is 3. The number of fused-ring (bicyclic) bond motifs is 1. The van der Waals surface area contributed by atoms with Gasteiger partial charge in [0.2, 0.25) is 6.79 Å². The van der Waals surface area contributed by atoms with E-state index in [2.05, 4.69) is 5.32 Å². The Morgan fingerprint density at radius 2 is 1.57 bits per heavy atom. The molecule has 0 amide bonds. The average Bonchev–Trinajstić information content (AvgIpc) is 3.37. The first-order valence-corrected chi connectivity index (χ1v) is 13.0. The first-order chi connectivity index (χ1) is 17.9. The van der Waals surface area contributed by atoms with Crippen LogP contribution in [0.15, 0.2) is 78.9 Å². The lowest BCUT2D eigenvalue weighted by Gasteiger charge is -2.27. The second kappa shape index (κ2) is 12.6. The number of carbonyl (C=O) groups is 3. The largest absolute Gasteiger partial charge is 0.480 e. The van der Waals surface area contributed by atoms with Crippen molar-refractivity contribution in [2.45, 2.75) is 31.8 Å². The smallest absolute Gasteiger partial charge is 0.321 e. The summed E-state index contributed by atoms with van der Waals surface area (Å²) in [5.41, 5.74) is 2.40. The Bertz CT molecular complexity index is 1230. The zero-order chi connectivity index (χ0) is 26.2. The third-order valence-electron chi connectivity index (χ3n) is 6.18. The molecule has 0 spiro atoms. The standard InChI is InChI=1S/C29H29NO6S/c1-19(31)37-17-23(14-21-12-13-25-26(16-21)36-18-35-25)28(32)27(22-10-6-3-7-11-22)30-24(29(33)34)15-20-8-4-2-5-9-20/h2-13,16,23-24,27,30H,14-15,17-18H2,1H3,(H,33,34)/t23-,24?,27?/m1/s1. The Balaban J connectivity index is 1.62. The first kappa shape index (κ1) is 26.4. The van der Waals surface area contributed by atoms with Gasteiger partial charge in [-0.05, 0) is 41.7 Å². The maximum atomic E-state index is 14.1. The van der Waals surface area contributed by atoms with Gasteiger partial charge >= 0.3 is 5.97 Å². The summed E-state index contributed by atoms with van der Waals surface area (Å²) < 4.78 is 10.9. The predicted octanol–water partition coefficient (Wildman–Crippen LogP) is 4.45. The Hall–Kier alpha value is -3.62. The molecule has 0 fully saturated rings. The van der Waals surface area contributed by atoms with Crippen molar-refractivity contribution in [3.8, 4) is 11.5 Å². The average molecular weight is 520 g/mol. The van der Waals surface area contributed by atoms with E-state index >= 15 is 0 Å². The summed E-state index contributed by atoms with van der Waals surface area (Å²) in [6.45, 7) is 1.62. The third kappa shape index (κ3) is 7.21. The van der Waals surface area contributed by atoms with Gasteiger partial charge in [-0.15, -0.1) is 0 Å².